The summed E-state index contributed by atoms with van der Waals surface area (Å²) in [6.45, 7) is 1.75. The lowest BCUT2D eigenvalue weighted by Gasteiger charge is -2.40. The molecular formula is C14H24N2O4S. The van der Waals surface area contributed by atoms with Crippen LogP contribution in [0.1, 0.15) is 44.9 Å². The van der Waals surface area contributed by atoms with Crippen molar-refractivity contribution >= 4 is 16.2 Å². The van der Waals surface area contributed by atoms with Crippen molar-refractivity contribution in [1.29, 1.82) is 0 Å². The van der Waals surface area contributed by atoms with Gasteiger partial charge in [-0.25, -0.2) is 0 Å². The van der Waals surface area contributed by atoms with Gasteiger partial charge in [-0.2, -0.15) is 17.0 Å². The second-order valence-corrected chi connectivity index (χ2v) is 8.71. The maximum Gasteiger partial charge on any atom is 0.310 e. The predicted molar refractivity (Wildman–Crippen MR) is 77.9 cm³/mol. The Bertz CT molecular complexity index is 511. The van der Waals surface area contributed by atoms with Crippen LogP contribution in [0.3, 0.4) is 0 Å². The minimum absolute atomic E-state index is 0.150. The Morgan fingerprint density at radius 1 is 1.10 bits per heavy atom. The molecule has 0 aromatic rings. The minimum atomic E-state index is -3.48. The highest BCUT2D eigenvalue weighted by Gasteiger charge is 2.49. The number of nitrogens with zero attached hydrogens (tertiary/aromatic N) is 2. The van der Waals surface area contributed by atoms with Crippen molar-refractivity contribution in [3.05, 3.63) is 0 Å². The van der Waals surface area contributed by atoms with Crippen LogP contribution in [-0.2, 0) is 15.0 Å². The molecule has 6 nitrogen and oxygen atoms in total. The zero-order valence-electron chi connectivity index (χ0n) is 12.3. The topological polar surface area (TPSA) is 77.9 Å². The van der Waals surface area contributed by atoms with Crippen molar-refractivity contribution in [3.8, 4) is 0 Å². The minimum Gasteiger partial charge on any atom is -0.481 e. The molecule has 21 heavy (non-hydrogen) atoms. The highest BCUT2D eigenvalue weighted by atomic mass is 32.2. The molecule has 1 aliphatic carbocycles. The third-order valence-electron chi connectivity index (χ3n) is 5.09. The number of piperidine rings is 1. The van der Waals surface area contributed by atoms with Gasteiger partial charge in [0.15, 0.2) is 0 Å². The van der Waals surface area contributed by atoms with Gasteiger partial charge in [-0.1, -0.05) is 12.8 Å². The molecule has 0 aromatic carbocycles. The summed E-state index contributed by atoms with van der Waals surface area (Å²) >= 11 is 0. The SMILES string of the molecule is O=C(O)[C@@]1(CC2CC2)CCCN(S(=O)(=O)N2CCCC2)C1. The Morgan fingerprint density at radius 3 is 2.29 bits per heavy atom. The molecule has 1 N–H and O–H groups in total. The fourth-order valence-corrected chi connectivity index (χ4v) is 5.49. The Kier molecular flexibility index (Phi) is 4.00. The van der Waals surface area contributed by atoms with Crippen LogP contribution in [0.2, 0.25) is 0 Å². The summed E-state index contributed by atoms with van der Waals surface area (Å²) in [6, 6.07) is 0. The summed E-state index contributed by atoms with van der Waals surface area (Å²) in [7, 11) is -3.48. The van der Waals surface area contributed by atoms with E-state index in [1.165, 1.54) is 8.61 Å². The van der Waals surface area contributed by atoms with E-state index in [1.807, 2.05) is 0 Å². The van der Waals surface area contributed by atoms with Gasteiger partial charge in [0.1, 0.15) is 0 Å². The molecular weight excluding hydrogens is 292 g/mol. The zero-order valence-corrected chi connectivity index (χ0v) is 13.1. The smallest absolute Gasteiger partial charge is 0.310 e. The van der Waals surface area contributed by atoms with Crippen LogP contribution < -0.4 is 0 Å². The summed E-state index contributed by atoms with van der Waals surface area (Å²) in [5.74, 6) is -0.341. The molecule has 0 bridgehead atoms. The van der Waals surface area contributed by atoms with E-state index in [0.717, 1.165) is 25.7 Å². The summed E-state index contributed by atoms with van der Waals surface area (Å²) in [5, 5.41) is 9.68. The van der Waals surface area contributed by atoms with Crippen LogP contribution in [0.5, 0.6) is 0 Å². The van der Waals surface area contributed by atoms with Gasteiger partial charge < -0.3 is 5.11 Å². The van der Waals surface area contributed by atoms with Gasteiger partial charge in [-0.15, -0.1) is 0 Å². The van der Waals surface area contributed by atoms with E-state index in [2.05, 4.69) is 0 Å². The lowest BCUT2D eigenvalue weighted by atomic mass is 9.76. The summed E-state index contributed by atoms with van der Waals surface area (Å²) in [6.07, 6.45) is 5.87. The number of aliphatic carboxylic acids is 1. The van der Waals surface area contributed by atoms with E-state index in [1.54, 1.807) is 0 Å². The molecule has 1 atom stereocenters. The maximum atomic E-state index is 12.7. The fraction of sp³-hybridized carbons (Fsp3) is 0.929. The number of rotatable bonds is 5. The van der Waals surface area contributed by atoms with E-state index >= 15 is 0 Å². The van der Waals surface area contributed by atoms with Crippen LogP contribution in [0, 0.1) is 11.3 Å². The van der Waals surface area contributed by atoms with Crippen molar-refractivity contribution < 1.29 is 18.3 Å². The molecule has 120 valence electrons. The number of carbonyl (C=O) groups is 1. The van der Waals surface area contributed by atoms with Gasteiger partial charge in [-0.05, 0) is 38.0 Å². The average molecular weight is 316 g/mol. The Morgan fingerprint density at radius 2 is 1.71 bits per heavy atom. The highest BCUT2D eigenvalue weighted by Crippen LogP contribution is 2.45. The third-order valence-corrected chi connectivity index (χ3v) is 7.07. The van der Waals surface area contributed by atoms with Gasteiger partial charge in [0.2, 0.25) is 0 Å². The molecule has 0 unspecified atom stereocenters. The normalized spacial score (nSPS) is 32.4. The molecule has 1 saturated carbocycles. The molecule has 0 radical (unpaired) electrons. The number of hydrogen-bond donors (Lipinski definition) is 1. The second-order valence-electron chi connectivity index (χ2n) is 6.78. The van der Waals surface area contributed by atoms with E-state index in [4.69, 9.17) is 0 Å². The van der Waals surface area contributed by atoms with E-state index < -0.39 is 21.6 Å². The van der Waals surface area contributed by atoms with Gasteiger partial charge in [-0.3, -0.25) is 4.79 Å². The lowest BCUT2D eigenvalue weighted by Crippen LogP contribution is -2.53. The Hall–Kier alpha value is -0.660. The van der Waals surface area contributed by atoms with Crippen LogP contribution in [0.4, 0.5) is 0 Å². The molecule has 2 saturated heterocycles. The molecule has 3 aliphatic rings. The molecule has 0 aromatic heterocycles. The van der Waals surface area contributed by atoms with Gasteiger partial charge in [0, 0.05) is 26.2 Å². The standard InChI is InChI=1S/C14H24N2O4S/c17-13(18)14(10-12-4-5-12)6-3-9-16(11-14)21(19,20)15-7-1-2-8-15/h12H,1-11H2,(H,17,18)/t14-/m1/s1. The predicted octanol–water partition coefficient (Wildman–Crippen LogP) is 1.29. The van der Waals surface area contributed by atoms with E-state index in [9.17, 15) is 18.3 Å². The monoisotopic (exact) mass is 316 g/mol. The first-order valence-electron chi connectivity index (χ1n) is 7.93. The summed E-state index contributed by atoms with van der Waals surface area (Å²) in [4.78, 5) is 11.8. The van der Waals surface area contributed by atoms with Crippen molar-refractivity contribution in [2.45, 2.75) is 44.9 Å². The molecule has 3 fully saturated rings. The van der Waals surface area contributed by atoms with Crippen molar-refractivity contribution in [2.75, 3.05) is 26.2 Å². The zero-order chi connectivity index (χ0) is 15.1. The Labute approximate surface area is 126 Å². The van der Waals surface area contributed by atoms with Gasteiger partial charge in [0.05, 0.1) is 5.41 Å². The first kappa shape index (κ1) is 15.2. The number of carboxylic acids is 1. The molecule has 2 aliphatic heterocycles. The Balaban J connectivity index is 1.78. The van der Waals surface area contributed by atoms with Gasteiger partial charge in [0.25, 0.3) is 10.2 Å². The van der Waals surface area contributed by atoms with Crippen molar-refractivity contribution in [3.63, 3.8) is 0 Å². The number of carboxylic acid groups (broad SMARTS) is 1. The third kappa shape index (κ3) is 2.96. The molecule has 7 heteroatoms. The molecule has 0 spiro atoms. The molecule has 2 heterocycles. The van der Waals surface area contributed by atoms with Crippen molar-refractivity contribution in [1.82, 2.24) is 8.61 Å². The van der Waals surface area contributed by atoms with Crippen LogP contribution in [-0.4, -0.2) is 54.3 Å². The largest absolute Gasteiger partial charge is 0.481 e. The fourth-order valence-electron chi connectivity index (χ4n) is 3.67. The summed E-state index contributed by atoms with van der Waals surface area (Å²) in [5.41, 5.74) is -0.869. The molecule has 0 amide bonds. The first-order chi connectivity index (χ1) is 9.94. The first-order valence-corrected chi connectivity index (χ1v) is 9.32. The van der Waals surface area contributed by atoms with Gasteiger partial charge >= 0.3 is 5.97 Å². The number of hydrogen-bond acceptors (Lipinski definition) is 3. The molecule has 3 rings (SSSR count). The van der Waals surface area contributed by atoms with Crippen LogP contribution >= 0.6 is 0 Å². The van der Waals surface area contributed by atoms with Crippen LogP contribution in [0.15, 0.2) is 0 Å². The quantitative estimate of drug-likeness (QED) is 0.829. The summed E-state index contributed by atoms with van der Waals surface area (Å²) < 4.78 is 28.3. The lowest BCUT2D eigenvalue weighted by molar-refractivity contribution is -0.152. The second kappa shape index (κ2) is 5.52. The van der Waals surface area contributed by atoms with E-state index in [0.29, 0.717) is 44.8 Å². The van der Waals surface area contributed by atoms with Crippen LogP contribution in [0.25, 0.3) is 0 Å². The maximum absolute atomic E-state index is 12.7. The van der Waals surface area contributed by atoms with Crippen molar-refractivity contribution in [2.24, 2.45) is 11.3 Å². The highest BCUT2D eigenvalue weighted by molar-refractivity contribution is 7.86. The van der Waals surface area contributed by atoms with E-state index in [-0.39, 0.29) is 6.54 Å². The average Bonchev–Trinajstić information content (AvgIpc) is 3.07.